The van der Waals surface area contributed by atoms with Crippen LogP contribution in [0, 0.1) is 0 Å². The van der Waals surface area contributed by atoms with Crippen molar-refractivity contribution in [3.05, 3.63) is 101 Å². The third-order valence-corrected chi connectivity index (χ3v) is 7.89. The first kappa shape index (κ1) is 27.8. The number of nitrogens with zero attached hydrogens (tertiary/aromatic N) is 2. The summed E-state index contributed by atoms with van der Waals surface area (Å²) in [6, 6.07) is 12.9. The van der Waals surface area contributed by atoms with Crippen LogP contribution in [0.5, 0.6) is 11.5 Å². The fourth-order valence-electron chi connectivity index (χ4n) is 4.53. The highest BCUT2D eigenvalue weighted by molar-refractivity contribution is 7.07. The summed E-state index contributed by atoms with van der Waals surface area (Å²) < 4.78 is 24.3. The summed E-state index contributed by atoms with van der Waals surface area (Å²) in [5.41, 5.74) is 1.52. The Balaban J connectivity index is 1.69. The van der Waals surface area contributed by atoms with Crippen molar-refractivity contribution in [1.29, 1.82) is 0 Å². The minimum Gasteiger partial charge on any atom is -0.497 e. The second-order valence-electron chi connectivity index (χ2n) is 8.74. The van der Waals surface area contributed by atoms with E-state index in [-0.39, 0.29) is 17.7 Å². The van der Waals surface area contributed by atoms with Crippen molar-refractivity contribution < 1.29 is 23.4 Å². The van der Waals surface area contributed by atoms with Gasteiger partial charge in [0.25, 0.3) is 5.56 Å². The largest absolute Gasteiger partial charge is 0.497 e. The van der Waals surface area contributed by atoms with E-state index >= 15 is 0 Å². The van der Waals surface area contributed by atoms with E-state index in [9.17, 15) is 9.59 Å². The van der Waals surface area contributed by atoms with Crippen molar-refractivity contribution in [2.75, 3.05) is 20.8 Å². The van der Waals surface area contributed by atoms with E-state index in [0.29, 0.717) is 59.2 Å². The molecule has 1 aliphatic rings. The highest BCUT2D eigenvalue weighted by Crippen LogP contribution is 2.38. The van der Waals surface area contributed by atoms with Crippen LogP contribution in [0.25, 0.3) is 17.4 Å². The molecule has 2 aromatic heterocycles. The summed E-state index contributed by atoms with van der Waals surface area (Å²) in [6.07, 6.45) is 1.63. The number of esters is 1. The van der Waals surface area contributed by atoms with E-state index in [0.717, 1.165) is 0 Å². The Hall–Kier alpha value is -3.79. The number of fused-ring (bicyclic) bond motifs is 1. The molecule has 0 amide bonds. The molecule has 0 fully saturated rings. The summed E-state index contributed by atoms with van der Waals surface area (Å²) in [7, 11) is 3.06. The maximum Gasteiger partial charge on any atom is 0.338 e. The second kappa shape index (κ2) is 11.4. The van der Waals surface area contributed by atoms with Gasteiger partial charge in [-0.3, -0.25) is 9.36 Å². The molecule has 0 saturated carbocycles. The molecule has 0 spiro atoms. The van der Waals surface area contributed by atoms with Gasteiger partial charge in [0.15, 0.2) is 4.80 Å². The summed E-state index contributed by atoms with van der Waals surface area (Å²) in [5, 5.41) is 1.00. The molecule has 0 bridgehead atoms. The average molecular weight is 599 g/mol. The SMILES string of the molecule is CCOC(=O)C1=C(C)N=c2s/c(=C\c3ccc(-c4cc(Cl)ccc4Cl)o3)c(=O)n2[C@H]1c1cc(OC)ccc1OC. The Morgan fingerprint density at radius 3 is 2.65 bits per heavy atom. The molecule has 0 saturated heterocycles. The fourth-order valence-corrected chi connectivity index (χ4v) is 5.94. The van der Waals surface area contributed by atoms with E-state index < -0.39 is 12.0 Å². The number of rotatable bonds is 7. The van der Waals surface area contributed by atoms with Crippen molar-refractivity contribution in [1.82, 2.24) is 4.57 Å². The first-order chi connectivity index (χ1) is 19.2. The van der Waals surface area contributed by atoms with E-state index in [1.165, 1.54) is 23.0 Å². The lowest BCUT2D eigenvalue weighted by atomic mass is 9.95. The third-order valence-electron chi connectivity index (χ3n) is 6.34. The molecule has 3 heterocycles. The molecule has 1 atom stereocenters. The topological polar surface area (TPSA) is 92.3 Å². The van der Waals surface area contributed by atoms with E-state index in [2.05, 4.69) is 4.99 Å². The number of furan rings is 1. The van der Waals surface area contributed by atoms with Crippen molar-refractivity contribution >= 4 is 46.6 Å². The maximum atomic E-state index is 13.9. The highest BCUT2D eigenvalue weighted by atomic mass is 35.5. The molecule has 0 unspecified atom stereocenters. The molecule has 0 N–H and O–H groups in total. The predicted molar refractivity (Wildman–Crippen MR) is 154 cm³/mol. The zero-order chi connectivity index (χ0) is 28.6. The van der Waals surface area contributed by atoms with Crippen LogP contribution in [0.2, 0.25) is 10.0 Å². The quantitative estimate of drug-likeness (QED) is 0.265. The summed E-state index contributed by atoms with van der Waals surface area (Å²) in [5.74, 6) is 1.39. The highest BCUT2D eigenvalue weighted by Gasteiger charge is 2.35. The molecule has 1 aliphatic heterocycles. The normalized spacial score (nSPS) is 15.1. The van der Waals surface area contributed by atoms with Crippen molar-refractivity contribution in [3.8, 4) is 22.8 Å². The first-order valence-electron chi connectivity index (χ1n) is 12.2. The van der Waals surface area contributed by atoms with Crippen LogP contribution in [0.1, 0.15) is 31.2 Å². The molecule has 11 heteroatoms. The number of benzene rings is 2. The predicted octanol–water partition coefficient (Wildman–Crippen LogP) is 5.38. The number of aromatic nitrogens is 1. The molecule has 2 aromatic carbocycles. The summed E-state index contributed by atoms with van der Waals surface area (Å²) in [4.78, 5) is 32.1. The Morgan fingerprint density at radius 1 is 1.12 bits per heavy atom. The van der Waals surface area contributed by atoms with Crippen LogP contribution in [0.4, 0.5) is 0 Å². The van der Waals surface area contributed by atoms with Crippen LogP contribution >= 0.6 is 34.5 Å². The van der Waals surface area contributed by atoms with E-state index in [4.69, 9.17) is 41.8 Å². The Labute approximate surface area is 243 Å². The van der Waals surface area contributed by atoms with Crippen molar-refractivity contribution in [2.24, 2.45) is 4.99 Å². The van der Waals surface area contributed by atoms with Gasteiger partial charge in [0.1, 0.15) is 29.1 Å². The molecule has 4 aromatic rings. The Bertz CT molecular complexity index is 1840. The van der Waals surface area contributed by atoms with Crippen molar-refractivity contribution in [3.63, 3.8) is 0 Å². The van der Waals surface area contributed by atoms with Gasteiger partial charge in [-0.15, -0.1) is 0 Å². The number of hydrogen-bond donors (Lipinski definition) is 0. The van der Waals surface area contributed by atoms with E-state index in [1.807, 2.05) is 0 Å². The van der Waals surface area contributed by atoms with Crippen molar-refractivity contribution in [2.45, 2.75) is 19.9 Å². The zero-order valence-electron chi connectivity index (χ0n) is 22.0. The molecule has 8 nitrogen and oxygen atoms in total. The number of allylic oxidation sites excluding steroid dienone is 1. The number of thiazole rings is 1. The number of carbonyl (C=O) groups is 1. The number of hydrogen-bond acceptors (Lipinski definition) is 8. The minimum absolute atomic E-state index is 0.166. The molecule has 206 valence electrons. The minimum atomic E-state index is -0.861. The monoisotopic (exact) mass is 598 g/mol. The number of halogens is 2. The Kier molecular flexibility index (Phi) is 7.89. The lowest BCUT2D eigenvalue weighted by Crippen LogP contribution is -2.40. The van der Waals surface area contributed by atoms with Gasteiger partial charge in [0, 0.05) is 22.2 Å². The van der Waals surface area contributed by atoms with Gasteiger partial charge in [-0.1, -0.05) is 34.5 Å². The van der Waals surface area contributed by atoms with Crippen LogP contribution in [-0.2, 0) is 9.53 Å². The standard InChI is InChI=1S/C29H24Cl2N2O6S/c1-5-38-28(35)25-15(2)32-29-33(26(25)20-13-17(36-3)7-10-22(20)37-4)27(34)24(40-29)14-18-8-11-23(39-18)19-12-16(30)6-9-21(19)31/h6-14,26H,5H2,1-4H3/b24-14-/t26-/m0/s1. The lowest BCUT2D eigenvalue weighted by molar-refractivity contribution is -0.139. The van der Waals surface area contributed by atoms with Gasteiger partial charge in [-0.2, -0.15) is 0 Å². The van der Waals surface area contributed by atoms with Crippen LogP contribution in [0.3, 0.4) is 0 Å². The number of ether oxygens (including phenoxy) is 3. The molecular weight excluding hydrogens is 575 g/mol. The van der Waals surface area contributed by atoms with Gasteiger partial charge in [0.2, 0.25) is 0 Å². The first-order valence-corrected chi connectivity index (χ1v) is 13.8. The lowest BCUT2D eigenvalue weighted by Gasteiger charge is -2.26. The van der Waals surface area contributed by atoms with Crippen LogP contribution in [0.15, 0.2) is 74.0 Å². The zero-order valence-corrected chi connectivity index (χ0v) is 24.3. The number of carbonyl (C=O) groups excluding carboxylic acids is 1. The molecular formula is C29H24Cl2N2O6S. The second-order valence-corrected chi connectivity index (χ2v) is 10.6. The average Bonchev–Trinajstić information content (AvgIpc) is 3.53. The molecule has 5 rings (SSSR count). The van der Waals surface area contributed by atoms with Gasteiger partial charge in [0.05, 0.1) is 41.7 Å². The van der Waals surface area contributed by atoms with Gasteiger partial charge in [-0.25, -0.2) is 9.79 Å². The number of methoxy groups -OCH3 is 2. The van der Waals surface area contributed by atoms with Crippen LogP contribution in [-0.4, -0.2) is 31.4 Å². The molecule has 40 heavy (non-hydrogen) atoms. The summed E-state index contributed by atoms with van der Waals surface area (Å²) >= 11 is 13.7. The molecule has 0 radical (unpaired) electrons. The maximum absolute atomic E-state index is 13.9. The van der Waals surface area contributed by atoms with E-state index in [1.54, 1.807) is 75.6 Å². The van der Waals surface area contributed by atoms with Gasteiger partial charge < -0.3 is 18.6 Å². The fraction of sp³-hybridized carbons (Fsp3) is 0.207. The molecule has 0 aliphatic carbocycles. The van der Waals surface area contributed by atoms with Crippen LogP contribution < -0.4 is 24.4 Å². The Morgan fingerprint density at radius 2 is 1.93 bits per heavy atom. The van der Waals surface area contributed by atoms with Gasteiger partial charge in [-0.05, 0) is 62.4 Å². The third kappa shape index (κ3) is 5.08. The smallest absolute Gasteiger partial charge is 0.338 e. The summed E-state index contributed by atoms with van der Waals surface area (Å²) in [6.45, 7) is 3.61. The van der Waals surface area contributed by atoms with Gasteiger partial charge >= 0.3 is 5.97 Å².